The number of hydrogen-bond acceptors (Lipinski definition) is 2. The van der Waals surface area contributed by atoms with Crippen molar-refractivity contribution < 1.29 is 9.13 Å². The topological polar surface area (TPSA) is 47.3 Å². The Hall–Kier alpha value is -2.14. The molecule has 0 spiro atoms. The minimum atomic E-state index is -0.258. The quantitative estimate of drug-likeness (QED) is 0.843. The van der Waals surface area contributed by atoms with E-state index in [1.54, 1.807) is 18.2 Å². The van der Waals surface area contributed by atoms with Gasteiger partial charge in [0.25, 0.3) is 0 Å². The fourth-order valence-corrected chi connectivity index (χ4v) is 1.67. The first-order chi connectivity index (χ1) is 9.13. The first-order valence-electron chi connectivity index (χ1n) is 5.67. The van der Waals surface area contributed by atoms with E-state index < -0.39 is 0 Å². The monoisotopic (exact) mass is 276 g/mol. The first-order valence-corrected chi connectivity index (χ1v) is 6.08. The zero-order valence-corrected chi connectivity index (χ0v) is 10.9. The van der Waals surface area contributed by atoms with Crippen LogP contribution in [0.5, 0.6) is 5.75 Å². The molecule has 0 aliphatic carbocycles. The van der Waals surface area contributed by atoms with Crippen LogP contribution in [0.2, 0.25) is 0 Å². The van der Waals surface area contributed by atoms with Crippen LogP contribution >= 0.6 is 12.2 Å². The molecule has 0 amide bonds. The maximum absolute atomic E-state index is 12.8. The molecule has 0 aliphatic heterocycles. The molecule has 3 N–H and O–H groups in total. The van der Waals surface area contributed by atoms with E-state index in [0.29, 0.717) is 12.4 Å². The van der Waals surface area contributed by atoms with Gasteiger partial charge in [0.1, 0.15) is 18.2 Å². The number of nitrogens with one attached hydrogen (secondary N) is 1. The van der Waals surface area contributed by atoms with E-state index in [4.69, 9.17) is 22.7 Å². The Labute approximate surface area is 116 Å². The van der Waals surface area contributed by atoms with Gasteiger partial charge < -0.3 is 15.8 Å². The molecule has 0 fully saturated rings. The van der Waals surface area contributed by atoms with Crippen molar-refractivity contribution in [2.24, 2.45) is 5.73 Å². The molecule has 5 heteroatoms. The predicted octanol–water partition coefficient (Wildman–Crippen LogP) is 3.06. The first kappa shape index (κ1) is 13.3. The molecule has 98 valence electrons. The molecular weight excluding hydrogens is 263 g/mol. The summed E-state index contributed by atoms with van der Waals surface area (Å²) in [6.45, 7) is 0.372. The second kappa shape index (κ2) is 6.15. The molecule has 0 aromatic heterocycles. The van der Waals surface area contributed by atoms with Crippen LogP contribution in [0.1, 0.15) is 5.56 Å². The Morgan fingerprint density at radius 1 is 1.21 bits per heavy atom. The second-order valence-electron chi connectivity index (χ2n) is 3.93. The summed E-state index contributed by atoms with van der Waals surface area (Å²) in [6, 6.07) is 13.5. The molecular formula is C14H13FN2OS. The number of halogens is 1. The van der Waals surface area contributed by atoms with E-state index in [1.165, 1.54) is 12.1 Å². The van der Waals surface area contributed by atoms with Crippen molar-refractivity contribution in [2.45, 2.75) is 6.61 Å². The Balaban J connectivity index is 1.99. The fraction of sp³-hybridized carbons (Fsp3) is 0.0714. The van der Waals surface area contributed by atoms with Crippen molar-refractivity contribution >= 4 is 23.0 Å². The summed E-state index contributed by atoms with van der Waals surface area (Å²) in [5.41, 5.74) is 7.06. The van der Waals surface area contributed by atoms with Crippen LogP contribution in [0.25, 0.3) is 0 Å². The summed E-state index contributed by atoms with van der Waals surface area (Å²) in [4.78, 5) is 0. The minimum Gasteiger partial charge on any atom is -0.489 e. The van der Waals surface area contributed by atoms with Gasteiger partial charge in [-0.05, 0) is 42.0 Å². The molecule has 2 aromatic rings. The van der Waals surface area contributed by atoms with Gasteiger partial charge in [-0.1, -0.05) is 18.2 Å². The van der Waals surface area contributed by atoms with Crippen LogP contribution in [0.4, 0.5) is 10.1 Å². The molecule has 2 aromatic carbocycles. The Morgan fingerprint density at radius 2 is 1.95 bits per heavy atom. The van der Waals surface area contributed by atoms with Gasteiger partial charge in [-0.3, -0.25) is 0 Å². The summed E-state index contributed by atoms with van der Waals surface area (Å²) >= 11 is 4.76. The number of benzene rings is 2. The molecule has 0 bridgehead atoms. The van der Waals surface area contributed by atoms with Crippen LogP contribution in [0.15, 0.2) is 48.5 Å². The van der Waals surface area contributed by atoms with Crippen LogP contribution in [0, 0.1) is 5.82 Å². The van der Waals surface area contributed by atoms with Crippen molar-refractivity contribution in [3.05, 3.63) is 59.9 Å². The highest BCUT2D eigenvalue weighted by molar-refractivity contribution is 7.80. The molecule has 0 atom stereocenters. The number of ether oxygens (including phenoxy) is 1. The van der Waals surface area contributed by atoms with E-state index >= 15 is 0 Å². The lowest BCUT2D eigenvalue weighted by Crippen LogP contribution is -2.18. The molecule has 3 nitrogen and oxygen atoms in total. The van der Waals surface area contributed by atoms with Gasteiger partial charge in [0, 0.05) is 11.8 Å². The van der Waals surface area contributed by atoms with Crippen LogP contribution < -0.4 is 15.8 Å². The smallest absolute Gasteiger partial charge is 0.168 e. The number of rotatable bonds is 4. The van der Waals surface area contributed by atoms with Gasteiger partial charge in [-0.15, -0.1) is 0 Å². The number of hydrogen-bond donors (Lipinski definition) is 2. The second-order valence-corrected chi connectivity index (χ2v) is 4.37. The van der Waals surface area contributed by atoms with Gasteiger partial charge >= 0.3 is 0 Å². The van der Waals surface area contributed by atoms with Crippen molar-refractivity contribution in [1.29, 1.82) is 0 Å². The highest BCUT2D eigenvalue weighted by Gasteiger charge is 1.99. The van der Waals surface area contributed by atoms with Crippen LogP contribution in [0.3, 0.4) is 0 Å². The molecule has 0 saturated heterocycles. The zero-order valence-electron chi connectivity index (χ0n) is 10.1. The molecule has 0 aliphatic rings. The molecule has 0 radical (unpaired) electrons. The Morgan fingerprint density at radius 3 is 2.63 bits per heavy atom. The molecule has 19 heavy (non-hydrogen) atoms. The molecule has 0 saturated carbocycles. The van der Waals surface area contributed by atoms with Gasteiger partial charge in [0.15, 0.2) is 5.11 Å². The SMILES string of the molecule is NC(=S)Nc1cccc(OCc2ccc(F)cc2)c1. The van der Waals surface area contributed by atoms with E-state index in [2.05, 4.69) is 5.32 Å². The third-order valence-electron chi connectivity index (χ3n) is 2.42. The molecule has 0 unspecified atom stereocenters. The average Bonchev–Trinajstić information content (AvgIpc) is 2.38. The standard InChI is InChI=1S/C14H13FN2OS/c15-11-6-4-10(5-7-11)9-18-13-3-1-2-12(8-13)17-14(16)19/h1-8H,9H2,(H3,16,17,19). The van der Waals surface area contributed by atoms with Gasteiger partial charge in [-0.25, -0.2) is 4.39 Å². The third kappa shape index (κ3) is 4.22. The van der Waals surface area contributed by atoms with E-state index in [-0.39, 0.29) is 10.9 Å². The largest absolute Gasteiger partial charge is 0.489 e. The van der Waals surface area contributed by atoms with Gasteiger partial charge in [0.2, 0.25) is 0 Å². The number of thiocarbonyl (C=S) groups is 1. The summed E-state index contributed by atoms with van der Waals surface area (Å²) in [6.07, 6.45) is 0. The lowest BCUT2D eigenvalue weighted by Gasteiger charge is -2.09. The Bertz CT molecular complexity index is 572. The summed E-state index contributed by atoms with van der Waals surface area (Å²) in [5.74, 6) is 0.428. The molecule has 2 rings (SSSR count). The van der Waals surface area contributed by atoms with Crippen molar-refractivity contribution in [3.63, 3.8) is 0 Å². The number of nitrogens with two attached hydrogens (primary N) is 1. The predicted molar refractivity (Wildman–Crippen MR) is 77.6 cm³/mol. The minimum absolute atomic E-state index is 0.204. The summed E-state index contributed by atoms with van der Waals surface area (Å²) < 4.78 is 18.4. The fourth-order valence-electron chi connectivity index (χ4n) is 1.55. The third-order valence-corrected chi connectivity index (χ3v) is 2.52. The maximum Gasteiger partial charge on any atom is 0.168 e. The van der Waals surface area contributed by atoms with Crippen LogP contribution in [-0.2, 0) is 6.61 Å². The van der Waals surface area contributed by atoms with Crippen molar-refractivity contribution in [1.82, 2.24) is 0 Å². The zero-order chi connectivity index (χ0) is 13.7. The van der Waals surface area contributed by atoms with Gasteiger partial charge in [0.05, 0.1) is 0 Å². The van der Waals surface area contributed by atoms with Crippen LogP contribution in [-0.4, -0.2) is 5.11 Å². The van der Waals surface area contributed by atoms with E-state index in [9.17, 15) is 4.39 Å². The Kier molecular flexibility index (Phi) is 4.30. The summed E-state index contributed by atoms with van der Waals surface area (Å²) in [7, 11) is 0. The van der Waals surface area contributed by atoms with Gasteiger partial charge in [-0.2, -0.15) is 0 Å². The summed E-state index contributed by atoms with van der Waals surface area (Å²) in [5, 5.41) is 3.03. The number of anilines is 1. The van der Waals surface area contributed by atoms with Crippen molar-refractivity contribution in [2.75, 3.05) is 5.32 Å². The highest BCUT2D eigenvalue weighted by Crippen LogP contribution is 2.18. The molecule has 0 heterocycles. The van der Waals surface area contributed by atoms with E-state index in [1.807, 2.05) is 18.2 Å². The lowest BCUT2D eigenvalue weighted by atomic mass is 10.2. The highest BCUT2D eigenvalue weighted by atomic mass is 32.1. The lowest BCUT2D eigenvalue weighted by molar-refractivity contribution is 0.306. The van der Waals surface area contributed by atoms with E-state index in [0.717, 1.165) is 11.3 Å². The maximum atomic E-state index is 12.8. The van der Waals surface area contributed by atoms with Crippen molar-refractivity contribution in [3.8, 4) is 5.75 Å². The normalized spacial score (nSPS) is 9.95. The average molecular weight is 276 g/mol.